The van der Waals surface area contributed by atoms with Gasteiger partial charge in [0.1, 0.15) is 5.75 Å². The van der Waals surface area contributed by atoms with Crippen molar-refractivity contribution in [2.75, 3.05) is 19.5 Å². The van der Waals surface area contributed by atoms with E-state index in [1.807, 2.05) is 6.07 Å². The summed E-state index contributed by atoms with van der Waals surface area (Å²) in [5.74, 6) is 0.786. The van der Waals surface area contributed by atoms with Gasteiger partial charge in [0, 0.05) is 17.8 Å². The molecule has 2 heterocycles. The Morgan fingerprint density at radius 1 is 1.10 bits per heavy atom. The average molecular weight is 471 g/mol. The predicted molar refractivity (Wildman–Crippen MR) is 123 cm³/mol. The number of rotatable bonds is 5. The van der Waals surface area contributed by atoms with Gasteiger partial charge in [0.15, 0.2) is 10.1 Å². The zero-order valence-corrected chi connectivity index (χ0v) is 19.6. The molecule has 0 amide bonds. The molecule has 10 heteroatoms. The highest BCUT2D eigenvalue weighted by Gasteiger charge is 2.27. The van der Waals surface area contributed by atoms with Gasteiger partial charge in [-0.05, 0) is 63.5 Å². The fourth-order valence-corrected chi connectivity index (χ4v) is 4.44. The van der Waals surface area contributed by atoms with Gasteiger partial charge < -0.3 is 24.4 Å². The maximum absolute atomic E-state index is 6.45. The number of halogens is 2. The molecule has 1 aliphatic rings. The van der Waals surface area contributed by atoms with Crippen LogP contribution in [0, 0.1) is 0 Å². The zero-order valence-electron chi connectivity index (χ0n) is 17.2. The molecule has 2 unspecified atom stereocenters. The summed E-state index contributed by atoms with van der Waals surface area (Å²) >= 11 is 18.4. The standard InChI is InChI=1S/C20H24Cl2N4O3S/c1-11-6-5-7-12(2)26(11)20(30)23-13-8-9-15(14(21)10-13)29-17-16(22)18(27-3)24-25-19(17)28-4/h8-12H,5-7H2,1-4H3,(H,23,30). The first kappa shape index (κ1) is 22.7. The number of nitrogens with zero attached hydrogens (tertiary/aromatic N) is 3. The Morgan fingerprint density at radius 3 is 2.33 bits per heavy atom. The normalized spacial score (nSPS) is 18.7. The largest absolute Gasteiger partial charge is 0.479 e. The molecule has 1 aromatic carbocycles. The van der Waals surface area contributed by atoms with Crippen LogP contribution in [0.1, 0.15) is 33.1 Å². The number of ether oxygens (including phenoxy) is 3. The first-order chi connectivity index (χ1) is 14.3. The van der Waals surface area contributed by atoms with Crippen LogP contribution in [0.25, 0.3) is 0 Å². The van der Waals surface area contributed by atoms with Gasteiger partial charge in [0.25, 0.3) is 11.8 Å². The number of nitrogens with one attached hydrogen (secondary N) is 1. The first-order valence-electron chi connectivity index (χ1n) is 9.56. The van der Waals surface area contributed by atoms with E-state index in [1.165, 1.54) is 20.6 Å². The van der Waals surface area contributed by atoms with Crippen LogP contribution in [-0.4, -0.2) is 46.5 Å². The molecule has 0 spiro atoms. The van der Waals surface area contributed by atoms with Crippen LogP contribution in [0.4, 0.5) is 5.69 Å². The van der Waals surface area contributed by atoms with E-state index in [2.05, 4.69) is 34.3 Å². The van der Waals surface area contributed by atoms with E-state index in [4.69, 9.17) is 49.6 Å². The van der Waals surface area contributed by atoms with Crippen molar-refractivity contribution in [1.29, 1.82) is 0 Å². The van der Waals surface area contributed by atoms with Gasteiger partial charge in [-0.2, -0.15) is 0 Å². The van der Waals surface area contributed by atoms with Gasteiger partial charge in [-0.1, -0.05) is 23.2 Å². The molecule has 2 aromatic rings. The molecule has 3 rings (SSSR count). The van der Waals surface area contributed by atoms with Crippen molar-refractivity contribution in [2.24, 2.45) is 0 Å². The minimum absolute atomic E-state index is 0.119. The summed E-state index contributed by atoms with van der Waals surface area (Å²) in [6.45, 7) is 4.39. The number of hydrogen-bond acceptors (Lipinski definition) is 6. The smallest absolute Gasteiger partial charge is 0.278 e. The second-order valence-electron chi connectivity index (χ2n) is 7.08. The highest BCUT2D eigenvalue weighted by molar-refractivity contribution is 7.80. The van der Waals surface area contributed by atoms with Crippen LogP contribution < -0.4 is 19.5 Å². The summed E-state index contributed by atoms with van der Waals surface area (Å²) in [6.07, 6.45) is 3.48. The van der Waals surface area contributed by atoms with Crippen LogP contribution in [0.2, 0.25) is 10.0 Å². The number of thiocarbonyl (C=S) groups is 1. The molecule has 0 saturated carbocycles. The van der Waals surface area contributed by atoms with Gasteiger partial charge in [0.2, 0.25) is 5.75 Å². The van der Waals surface area contributed by atoms with Crippen LogP contribution in [0.3, 0.4) is 0 Å². The summed E-state index contributed by atoms with van der Waals surface area (Å²) < 4.78 is 16.1. The first-order valence-corrected chi connectivity index (χ1v) is 10.7. The van der Waals surface area contributed by atoms with E-state index in [-0.39, 0.29) is 22.5 Å². The lowest BCUT2D eigenvalue weighted by Gasteiger charge is -2.40. The highest BCUT2D eigenvalue weighted by atomic mass is 35.5. The molecule has 1 aromatic heterocycles. The van der Waals surface area contributed by atoms with Crippen LogP contribution in [0.15, 0.2) is 18.2 Å². The number of piperidine rings is 1. The van der Waals surface area contributed by atoms with Crippen LogP contribution in [-0.2, 0) is 0 Å². The molecular weight excluding hydrogens is 447 g/mol. The lowest BCUT2D eigenvalue weighted by Crippen LogP contribution is -2.49. The van der Waals surface area contributed by atoms with Gasteiger partial charge in [0.05, 0.1) is 19.2 Å². The number of likely N-dealkylation sites (tertiary alicyclic amines) is 1. The van der Waals surface area contributed by atoms with Crippen molar-refractivity contribution in [3.05, 3.63) is 28.2 Å². The Hall–Kier alpha value is -2.03. The second-order valence-corrected chi connectivity index (χ2v) is 8.25. The van der Waals surface area contributed by atoms with E-state index in [9.17, 15) is 0 Å². The Balaban J connectivity index is 1.79. The van der Waals surface area contributed by atoms with E-state index in [0.717, 1.165) is 18.5 Å². The molecule has 0 bridgehead atoms. The molecule has 0 aliphatic carbocycles. The topological polar surface area (TPSA) is 68.7 Å². The van der Waals surface area contributed by atoms with E-state index < -0.39 is 0 Å². The molecule has 1 aliphatic heterocycles. The van der Waals surface area contributed by atoms with Gasteiger partial charge in [-0.15, -0.1) is 10.2 Å². The van der Waals surface area contributed by atoms with Gasteiger partial charge >= 0.3 is 0 Å². The Labute approximate surface area is 191 Å². The van der Waals surface area contributed by atoms with Crippen molar-refractivity contribution < 1.29 is 14.2 Å². The maximum Gasteiger partial charge on any atom is 0.278 e. The second kappa shape index (κ2) is 9.85. The highest BCUT2D eigenvalue weighted by Crippen LogP contribution is 2.42. The quantitative estimate of drug-likeness (QED) is 0.569. The summed E-state index contributed by atoms with van der Waals surface area (Å²) in [5.41, 5.74) is 0.769. The molecule has 30 heavy (non-hydrogen) atoms. The lowest BCUT2D eigenvalue weighted by atomic mass is 9.98. The number of aromatic nitrogens is 2. The number of anilines is 1. The third-order valence-corrected chi connectivity index (χ3v) is 5.96. The summed E-state index contributed by atoms with van der Waals surface area (Å²) in [6, 6.07) is 6.10. The van der Waals surface area contributed by atoms with Crippen molar-refractivity contribution in [3.8, 4) is 23.3 Å². The maximum atomic E-state index is 6.45. The van der Waals surface area contributed by atoms with Crippen molar-refractivity contribution in [3.63, 3.8) is 0 Å². The summed E-state index contributed by atoms with van der Waals surface area (Å²) in [5, 5.41) is 12.2. The SMILES string of the molecule is COc1nnc(OC)c(Oc2ccc(NC(=S)N3C(C)CCCC3C)cc2Cl)c1Cl. The minimum Gasteiger partial charge on any atom is -0.479 e. The van der Waals surface area contributed by atoms with Gasteiger partial charge in [-0.25, -0.2) is 0 Å². The molecule has 1 N–H and O–H groups in total. The van der Waals surface area contributed by atoms with Gasteiger partial charge in [-0.3, -0.25) is 0 Å². The number of benzene rings is 1. The van der Waals surface area contributed by atoms with E-state index in [0.29, 0.717) is 28.0 Å². The van der Waals surface area contributed by atoms with Crippen LogP contribution >= 0.6 is 35.4 Å². The molecule has 0 radical (unpaired) electrons. The van der Waals surface area contributed by atoms with Crippen molar-refractivity contribution in [1.82, 2.24) is 15.1 Å². The summed E-state index contributed by atoms with van der Waals surface area (Å²) in [4.78, 5) is 2.25. The predicted octanol–water partition coefficient (Wildman–Crippen LogP) is 5.55. The number of hydrogen-bond donors (Lipinski definition) is 1. The Bertz CT molecular complexity index is 921. The Morgan fingerprint density at radius 2 is 1.73 bits per heavy atom. The van der Waals surface area contributed by atoms with Crippen molar-refractivity contribution >= 4 is 46.2 Å². The molecule has 2 atom stereocenters. The molecular formula is C20H24Cl2N4O3S. The number of methoxy groups -OCH3 is 2. The molecule has 162 valence electrons. The van der Waals surface area contributed by atoms with E-state index >= 15 is 0 Å². The monoisotopic (exact) mass is 470 g/mol. The molecule has 1 saturated heterocycles. The zero-order chi connectivity index (χ0) is 21.8. The molecule has 1 fully saturated rings. The third kappa shape index (κ3) is 4.82. The lowest BCUT2D eigenvalue weighted by molar-refractivity contribution is 0.194. The fraction of sp³-hybridized carbons (Fsp3) is 0.450. The van der Waals surface area contributed by atoms with E-state index in [1.54, 1.807) is 12.1 Å². The average Bonchev–Trinajstić information content (AvgIpc) is 2.71. The van der Waals surface area contributed by atoms with Crippen molar-refractivity contribution in [2.45, 2.75) is 45.2 Å². The minimum atomic E-state index is 0.119. The Kier molecular flexibility index (Phi) is 7.44. The van der Waals surface area contributed by atoms with Crippen LogP contribution in [0.5, 0.6) is 23.3 Å². The molecule has 7 nitrogen and oxygen atoms in total. The fourth-order valence-electron chi connectivity index (χ4n) is 3.50. The third-order valence-electron chi connectivity index (χ3n) is 5.02. The summed E-state index contributed by atoms with van der Waals surface area (Å²) in [7, 11) is 2.88.